The van der Waals surface area contributed by atoms with E-state index in [-0.39, 0.29) is 11.8 Å². The van der Waals surface area contributed by atoms with Gasteiger partial charge in [0.05, 0.1) is 17.4 Å². The maximum atomic E-state index is 13.6. The number of carbonyl (C=O) groups is 1. The molecule has 2 aromatic rings. The Morgan fingerprint density at radius 1 is 1.29 bits per heavy atom. The molecule has 1 atom stereocenters. The lowest BCUT2D eigenvalue weighted by atomic mass is 10.0. The van der Waals surface area contributed by atoms with Crippen LogP contribution >= 0.6 is 0 Å². The predicted molar refractivity (Wildman–Crippen MR) is 88.5 cm³/mol. The van der Waals surface area contributed by atoms with Gasteiger partial charge >= 0.3 is 0 Å². The Labute approximate surface area is 140 Å². The van der Waals surface area contributed by atoms with Gasteiger partial charge in [-0.25, -0.2) is 13.8 Å². The summed E-state index contributed by atoms with van der Waals surface area (Å²) in [5.41, 5.74) is 0.784. The first-order valence-corrected chi connectivity index (χ1v) is 8.56. The van der Waals surface area contributed by atoms with E-state index in [0.717, 1.165) is 25.0 Å². The van der Waals surface area contributed by atoms with Gasteiger partial charge in [0, 0.05) is 18.7 Å². The van der Waals surface area contributed by atoms with Gasteiger partial charge in [0.1, 0.15) is 6.04 Å². The fourth-order valence-electron chi connectivity index (χ4n) is 3.56. The van der Waals surface area contributed by atoms with E-state index in [2.05, 4.69) is 10.3 Å². The lowest BCUT2D eigenvalue weighted by Crippen LogP contribution is -2.37. The first-order valence-electron chi connectivity index (χ1n) is 8.56. The van der Waals surface area contributed by atoms with Crippen LogP contribution in [0.1, 0.15) is 45.6 Å². The van der Waals surface area contributed by atoms with E-state index in [1.54, 1.807) is 4.57 Å². The maximum absolute atomic E-state index is 13.6. The standard InChI is InChI=1S/C18H23F2N3O/c1-11(2)17(18(24)21-9-12-5-3-4-6-12)23-10-22-15-7-13(19)14(20)8-16(15)23/h7-8,10-12,17H,3-6,9H2,1-2H3,(H,21,24). The number of hydrogen-bond donors (Lipinski definition) is 1. The van der Waals surface area contributed by atoms with Gasteiger partial charge in [0.2, 0.25) is 5.91 Å². The molecule has 1 fully saturated rings. The number of nitrogens with one attached hydrogen (secondary N) is 1. The number of halogens is 2. The van der Waals surface area contributed by atoms with E-state index in [4.69, 9.17) is 0 Å². The molecule has 1 unspecified atom stereocenters. The Balaban J connectivity index is 1.85. The summed E-state index contributed by atoms with van der Waals surface area (Å²) in [6.45, 7) is 4.55. The number of carbonyl (C=O) groups excluding carboxylic acids is 1. The van der Waals surface area contributed by atoms with Crippen molar-refractivity contribution in [2.75, 3.05) is 6.54 Å². The molecular weight excluding hydrogens is 312 g/mol. The van der Waals surface area contributed by atoms with Crippen LogP contribution in [0.25, 0.3) is 11.0 Å². The normalized spacial score (nSPS) is 16.9. The summed E-state index contributed by atoms with van der Waals surface area (Å²) < 4.78 is 28.6. The summed E-state index contributed by atoms with van der Waals surface area (Å²) in [6.07, 6.45) is 6.26. The second-order valence-electron chi connectivity index (χ2n) is 6.99. The topological polar surface area (TPSA) is 46.9 Å². The fourth-order valence-corrected chi connectivity index (χ4v) is 3.56. The zero-order chi connectivity index (χ0) is 17.3. The van der Waals surface area contributed by atoms with Gasteiger partial charge in [0.25, 0.3) is 0 Å². The molecule has 4 nitrogen and oxygen atoms in total. The van der Waals surface area contributed by atoms with E-state index in [9.17, 15) is 13.6 Å². The molecule has 0 spiro atoms. The monoisotopic (exact) mass is 335 g/mol. The minimum absolute atomic E-state index is 0.000840. The molecule has 1 aliphatic rings. The van der Waals surface area contributed by atoms with Crippen molar-refractivity contribution in [3.8, 4) is 0 Å². The van der Waals surface area contributed by atoms with Crippen molar-refractivity contribution < 1.29 is 13.6 Å². The zero-order valence-electron chi connectivity index (χ0n) is 14.1. The molecule has 0 saturated heterocycles. The van der Waals surface area contributed by atoms with Crippen molar-refractivity contribution in [2.24, 2.45) is 11.8 Å². The highest BCUT2D eigenvalue weighted by atomic mass is 19.2. The van der Waals surface area contributed by atoms with Crippen LogP contribution in [-0.2, 0) is 4.79 Å². The maximum Gasteiger partial charge on any atom is 0.243 e. The van der Waals surface area contributed by atoms with E-state index in [1.807, 2.05) is 13.8 Å². The Morgan fingerprint density at radius 3 is 2.62 bits per heavy atom. The first kappa shape index (κ1) is 16.9. The zero-order valence-corrected chi connectivity index (χ0v) is 14.1. The Kier molecular flexibility index (Phi) is 4.83. The molecule has 1 aromatic heterocycles. The number of hydrogen-bond acceptors (Lipinski definition) is 2. The number of benzene rings is 1. The summed E-state index contributed by atoms with van der Waals surface area (Å²) in [5, 5.41) is 3.03. The van der Waals surface area contributed by atoms with Gasteiger partial charge in [-0.05, 0) is 24.7 Å². The lowest BCUT2D eigenvalue weighted by Gasteiger charge is -2.23. The minimum Gasteiger partial charge on any atom is -0.354 e. The van der Waals surface area contributed by atoms with Crippen LogP contribution in [0.4, 0.5) is 8.78 Å². The van der Waals surface area contributed by atoms with Crippen LogP contribution in [-0.4, -0.2) is 22.0 Å². The van der Waals surface area contributed by atoms with Gasteiger partial charge < -0.3 is 9.88 Å². The Bertz CT molecular complexity index is 735. The smallest absolute Gasteiger partial charge is 0.243 e. The van der Waals surface area contributed by atoms with Crippen LogP contribution in [0.2, 0.25) is 0 Å². The molecule has 1 aliphatic carbocycles. The molecule has 1 N–H and O–H groups in total. The molecule has 0 radical (unpaired) electrons. The van der Waals surface area contributed by atoms with Gasteiger partial charge in [-0.1, -0.05) is 26.7 Å². The van der Waals surface area contributed by atoms with Crippen molar-refractivity contribution >= 4 is 16.9 Å². The molecule has 6 heteroatoms. The molecule has 1 amide bonds. The van der Waals surface area contributed by atoms with Crippen LogP contribution in [0, 0.1) is 23.5 Å². The van der Waals surface area contributed by atoms with E-state index < -0.39 is 17.7 Å². The molecule has 1 saturated carbocycles. The Hall–Kier alpha value is -1.98. The summed E-state index contributed by atoms with van der Waals surface area (Å²) in [4.78, 5) is 16.8. The predicted octanol–water partition coefficient (Wildman–Crippen LogP) is 3.82. The van der Waals surface area contributed by atoms with Gasteiger partial charge in [-0.2, -0.15) is 0 Å². The van der Waals surface area contributed by atoms with Gasteiger partial charge in [-0.3, -0.25) is 4.79 Å². The van der Waals surface area contributed by atoms with Crippen molar-refractivity contribution in [1.29, 1.82) is 0 Å². The molecular formula is C18H23F2N3O. The van der Waals surface area contributed by atoms with Crippen molar-refractivity contribution in [1.82, 2.24) is 14.9 Å². The summed E-state index contributed by atoms with van der Waals surface area (Å²) >= 11 is 0. The second kappa shape index (κ2) is 6.87. The number of nitrogens with zero attached hydrogens (tertiary/aromatic N) is 2. The molecule has 0 aliphatic heterocycles. The third kappa shape index (κ3) is 3.28. The van der Waals surface area contributed by atoms with Crippen molar-refractivity contribution in [3.05, 3.63) is 30.1 Å². The molecule has 3 rings (SSSR count). The van der Waals surface area contributed by atoms with Crippen molar-refractivity contribution in [3.63, 3.8) is 0 Å². The van der Waals surface area contributed by atoms with Crippen molar-refractivity contribution in [2.45, 2.75) is 45.6 Å². The summed E-state index contributed by atoms with van der Waals surface area (Å²) in [7, 11) is 0. The summed E-state index contributed by atoms with van der Waals surface area (Å²) in [6, 6.07) is 1.67. The quantitative estimate of drug-likeness (QED) is 0.903. The van der Waals surface area contributed by atoms with E-state index in [1.165, 1.54) is 19.2 Å². The number of rotatable bonds is 5. The number of aromatic nitrogens is 2. The van der Waals surface area contributed by atoms with E-state index in [0.29, 0.717) is 23.5 Å². The van der Waals surface area contributed by atoms with Crippen LogP contribution in [0.3, 0.4) is 0 Å². The Morgan fingerprint density at radius 2 is 1.96 bits per heavy atom. The molecule has 0 bridgehead atoms. The van der Waals surface area contributed by atoms with Crippen LogP contribution in [0.5, 0.6) is 0 Å². The number of amides is 1. The average molecular weight is 335 g/mol. The SMILES string of the molecule is CC(C)C(C(=O)NCC1CCCC1)n1cnc2cc(F)c(F)cc21. The number of imidazole rings is 1. The number of fused-ring (bicyclic) bond motifs is 1. The van der Waals surface area contributed by atoms with Gasteiger partial charge in [-0.15, -0.1) is 0 Å². The fraction of sp³-hybridized carbons (Fsp3) is 0.556. The highest BCUT2D eigenvalue weighted by molar-refractivity contribution is 5.84. The highest BCUT2D eigenvalue weighted by Crippen LogP contribution is 2.27. The molecule has 130 valence electrons. The van der Waals surface area contributed by atoms with Crippen LogP contribution in [0.15, 0.2) is 18.5 Å². The summed E-state index contributed by atoms with van der Waals surface area (Å²) in [5.74, 6) is -1.41. The van der Waals surface area contributed by atoms with Gasteiger partial charge in [0.15, 0.2) is 11.6 Å². The first-order chi connectivity index (χ1) is 11.5. The minimum atomic E-state index is -0.932. The third-order valence-electron chi connectivity index (χ3n) is 4.86. The molecule has 1 heterocycles. The average Bonchev–Trinajstić information content (AvgIpc) is 3.17. The second-order valence-corrected chi connectivity index (χ2v) is 6.99. The molecule has 1 aromatic carbocycles. The highest BCUT2D eigenvalue weighted by Gasteiger charge is 2.27. The van der Waals surface area contributed by atoms with E-state index >= 15 is 0 Å². The lowest BCUT2D eigenvalue weighted by molar-refractivity contribution is -0.125. The third-order valence-corrected chi connectivity index (χ3v) is 4.86. The molecule has 24 heavy (non-hydrogen) atoms. The largest absolute Gasteiger partial charge is 0.354 e. The van der Waals surface area contributed by atoms with Crippen LogP contribution < -0.4 is 5.32 Å².